The number of aryl methyl sites for hydroxylation is 2. The van der Waals surface area contributed by atoms with Crippen LogP contribution in [0.25, 0.3) is 11.0 Å². The van der Waals surface area contributed by atoms with Gasteiger partial charge in [-0.1, -0.05) is 12.1 Å². The molecule has 10 nitrogen and oxygen atoms in total. The highest BCUT2D eigenvalue weighted by Gasteiger charge is 2.26. The Morgan fingerprint density at radius 2 is 1.86 bits per heavy atom. The summed E-state index contributed by atoms with van der Waals surface area (Å²) < 4.78 is 17.1. The van der Waals surface area contributed by atoms with Gasteiger partial charge in [0.1, 0.15) is 18.0 Å². The Labute approximate surface area is 216 Å². The largest absolute Gasteiger partial charge is 0.497 e. The Morgan fingerprint density at radius 1 is 1.16 bits per heavy atom. The molecule has 0 aliphatic heterocycles. The first-order valence-corrected chi connectivity index (χ1v) is 12.1. The number of benzene rings is 1. The molecule has 10 heteroatoms. The average Bonchev–Trinajstić information content (AvgIpc) is 3.13. The molecule has 3 N–H and O–H groups in total. The standard InChI is InChI=1S/C27H36N4O6/c1-17(14-27(2,3)34)29-19-13-21-23(30-22(32)16-35-4)24(26(33)37-6)31(25(21)28-15-19)12-11-18-7-9-20(36-5)10-8-18/h7-10,13,15,17,29,34H,11-12,14,16H2,1-6H3,(H,30,32)/t17-/m0/s1. The van der Waals surface area contributed by atoms with Gasteiger partial charge in [0.2, 0.25) is 5.91 Å². The molecule has 37 heavy (non-hydrogen) atoms. The van der Waals surface area contributed by atoms with Gasteiger partial charge < -0.3 is 34.5 Å². The van der Waals surface area contributed by atoms with Crippen LogP contribution in [0, 0.1) is 0 Å². The maximum atomic E-state index is 13.0. The number of pyridine rings is 1. The molecule has 0 fully saturated rings. The number of ether oxygens (including phenoxy) is 3. The molecule has 0 aliphatic carbocycles. The lowest BCUT2D eigenvalue weighted by atomic mass is 10.0. The molecule has 0 aliphatic rings. The van der Waals surface area contributed by atoms with E-state index < -0.39 is 17.5 Å². The molecule has 2 aromatic heterocycles. The van der Waals surface area contributed by atoms with Crippen LogP contribution in [0.15, 0.2) is 36.5 Å². The third-order valence-corrected chi connectivity index (χ3v) is 5.82. The normalized spacial score (nSPS) is 12.3. The van der Waals surface area contributed by atoms with Crippen LogP contribution in [0.3, 0.4) is 0 Å². The zero-order valence-corrected chi connectivity index (χ0v) is 22.3. The summed E-state index contributed by atoms with van der Waals surface area (Å²) in [5.41, 5.74) is 1.93. The number of amides is 1. The maximum absolute atomic E-state index is 13.0. The molecule has 3 rings (SSSR count). The molecule has 0 radical (unpaired) electrons. The summed E-state index contributed by atoms with van der Waals surface area (Å²) in [4.78, 5) is 30.1. The minimum absolute atomic E-state index is 0.0528. The van der Waals surface area contributed by atoms with Crippen molar-refractivity contribution in [2.45, 2.75) is 51.8 Å². The number of carbonyl (C=O) groups excluding carboxylic acids is 2. The molecule has 0 spiro atoms. The predicted octanol–water partition coefficient (Wildman–Crippen LogP) is 3.62. The van der Waals surface area contributed by atoms with Crippen LogP contribution >= 0.6 is 0 Å². The van der Waals surface area contributed by atoms with Gasteiger partial charge in [0.15, 0.2) is 5.69 Å². The van der Waals surface area contributed by atoms with Crippen molar-refractivity contribution in [3.63, 3.8) is 0 Å². The van der Waals surface area contributed by atoms with E-state index >= 15 is 0 Å². The highest BCUT2D eigenvalue weighted by molar-refractivity contribution is 6.11. The number of anilines is 2. The Morgan fingerprint density at radius 3 is 2.46 bits per heavy atom. The number of esters is 1. The molecule has 200 valence electrons. The Bertz CT molecular complexity index is 1230. The SMILES string of the molecule is COCC(=O)Nc1c(C(=O)OC)n(CCc2ccc(OC)cc2)c2ncc(N[C@@H](C)CC(C)(C)O)cc12. The van der Waals surface area contributed by atoms with E-state index in [0.717, 1.165) is 11.3 Å². The van der Waals surface area contributed by atoms with Gasteiger partial charge in [-0.25, -0.2) is 9.78 Å². The lowest BCUT2D eigenvalue weighted by molar-refractivity contribution is -0.119. The highest BCUT2D eigenvalue weighted by atomic mass is 16.5. The lowest BCUT2D eigenvalue weighted by Gasteiger charge is -2.23. The Kier molecular flexibility index (Phi) is 9.12. The van der Waals surface area contributed by atoms with Crippen molar-refractivity contribution in [3.8, 4) is 5.75 Å². The molecule has 0 saturated carbocycles. The second-order valence-corrected chi connectivity index (χ2v) is 9.60. The number of hydrogen-bond donors (Lipinski definition) is 3. The minimum atomic E-state index is -0.841. The van der Waals surface area contributed by atoms with Crippen LogP contribution in [0.1, 0.15) is 43.2 Å². The van der Waals surface area contributed by atoms with Crippen LogP contribution in [0.5, 0.6) is 5.75 Å². The fourth-order valence-corrected chi connectivity index (χ4v) is 4.38. The number of aliphatic hydroxyl groups is 1. The van der Waals surface area contributed by atoms with Gasteiger partial charge in [0.25, 0.3) is 0 Å². The van der Waals surface area contributed by atoms with E-state index in [-0.39, 0.29) is 18.3 Å². The van der Waals surface area contributed by atoms with Crippen LogP contribution in [-0.2, 0) is 27.2 Å². The molecular weight excluding hydrogens is 476 g/mol. The lowest BCUT2D eigenvalue weighted by Crippen LogP contribution is -2.29. The third kappa shape index (κ3) is 7.21. The summed E-state index contributed by atoms with van der Waals surface area (Å²) in [6, 6.07) is 9.47. The summed E-state index contributed by atoms with van der Waals surface area (Å²) in [6.45, 7) is 5.71. The van der Waals surface area contributed by atoms with Gasteiger partial charge in [-0.15, -0.1) is 0 Å². The van der Waals surface area contributed by atoms with Gasteiger partial charge >= 0.3 is 5.97 Å². The van der Waals surface area contributed by atoms with Crippen molar-refractivity contribution in [1.82, 2.24) is 9.55 Å². The van der Waals surface area contributed by atoms with E-state index in [9.17, 15) is 14.7 Å². The topological polar surface area (TPSA) is 124 Å². The van der Waals surface area contributed by atoms with Crippen molar-refractivity contribution in [2.75, 3.05) is 38.6 Å². The zero-order chi connectivity index (χ0) is 27.2. The van der Waals surface area contributed by atoms with Crippen molar-refractivity contribution in [2.24, 2.45) is 0 Å². The van der Waals surface area contributed by atoms with Crippen molar-refractivity contribution >= 4 is 34.3 Å². The van der Waals surface area contributed by atoms with Crippen molar-refractivity contribution < 1.29 is 28.9 Å². The highest BCUT2D eigenvalue weighted by Crippen LogP contribution is 2.33. The Hall–Kier alpha value is -3.63. The van der Waals surface area contributed by atoms with Crippen molar-refractivity contribution in [1.29, 1.82) is 0 Å². The minimum Gasteiger partial charge on any atom is -0.497 e. The summed E-state index contributed by atoms with van der Waals surface area (Å²) in [5, 5.41) is 16.9. The third-order valence-electron chi connectivity index (χ3n) is 5.82. The van der Waals surface area contributed by atoms with Gasteiger partial charge in [0, 0.05) is 25.1 Å². The van der Waals surface area contributed by atoms with Crippen LogP contribution in [0.2, 0.25) is 0 Å². The van der Waals surface area contributed by atoms with Gasteiger partial charge in [-0.2, -0.15) is 0 Å². The van der Waals surface area contributed by atoms with Crippen LogP contribution in [0.4, 0.5) is 11.4 Å². The van der Waals surface area contributed by atoms with Crippen molar-refractivity contribution in [3.05, 3.63) is 47.8 Å². The number of nitrogens with zero attached hydrogens (tertiary/aromatic N) is 2. The maximum Gasteiger partial charge on any atom is 0.356 e. The zero-order valence-electron chi connectivity index (χ0n) is 22.3. The van der Waals surface area contributed by atoms with E-state index in [4.69, 9.17) is 14.2 Å². The van der Waals surface area contributed by atoms with Gasteiger partial charge in [0.05, 0.1) is 37.4 Å². The first-order chi connectivity index (χ1) is 17.6. The smallest absolute Gasteiger partial charge is 0.356 e. The number of fused-ring (bicyclic) bond motifs is 1. The van der Waals surface area contributed by atoms with E-state index in [2.05, 4.69) is 15.6 Å². The number of methoxy groups -OCH3 is 3. The van der Waals surface area contributed by atoms with Gasteiger partial charge in [-0.3, -0.25) is 4.79 Å². The molecule has 0 bridgehead atoms. The van der Waals surface area contributed by atoms with E-state index in [1.54, 1.807) is 31.7 Å². The predicted molar refractivity (Wildman–Crippen MR) is 142 cm³/mol. The second-order valence-electron chi connectivity index (χ2n) is 9.60. The van der Waals surface area contributed by atoms with E-state index in [1.807, 2.05) is 37.3 Å². The van der Waals surface area contributed by atoms with Crippen LogP contribution < -0.4 is 15.4 Å². The monoisotopic (exact) mass is 512 g/mol. The molecule has 1 atom stereocenters. The fourth-order valence-electron chi connectivity index (χ4n) is 4.38. The molecule has 1 aromatic carbocycles. The molecule has 2 heterocycles. The quantitative estimate of drug-likeness (QED) is 0.315. The number of aromatic nitrogens is 2. The molecule has 0 saturated heterocycles. The average molecular weight is 513 g/mol. The molecule has 1 amide bonds. The fraction of sp³-hybridized carbons (Fsp3) is 0.444. The first kappa shape index (κ1) is 27.9. The first-order valence-electron chi connectivity index (χ1n) is 12.1. The molecule has 3 aromatic rings. The number of nitrogens with one attached hydrogen (secondary N) is 2. The summed E-state index contributed by atoms with van der Waals surface area (Å²) >= 11 is 0. The molecular formula is C27H36N4O6. The van der Waals surface area contributed by atoms with Crippen LogP contribution in [-0.4, -0.2) is 66.1 Å². The van der Waals surface area contributed by atoms with E-state index in [0.29, 0.717) is 41.8 Å². The summed E-state index contributed by atoms with van der Waals surface area (Å²) in [6.07, 6.45) is 2.79. The number of carbonyl (C=O) groups is 2. The molecule has 0 unspecified atom stereocenters. The van der Waals surface area contributed by atoms with Gasteiger partial charge in [-0.05, 0) is 57.4 Å². The number of hydrogen-bond acceptors (Lipinski definition) is 8. The Balaban J connectivity index is 2.06. The summed E-state index contributed by atoms with van der Waals surface area (Å²) in [5.74, 6) is -0.241. The van der Waals surface area contributed by atoms with E-state index in [1.165, 1.54) is 14.2 Å². The second kappa shape index (κ2) is 12.1. The summed E-state index contributed by atoms with van der Waals surface area (Å²) in [7, 11) is 4.34. The number of rotatable bonds is 12.